The highest BCUT2D eigenvalue weighted by atomic mass is 32.1. The first-order valence-electron chi connectivity index (χ1n) is 9.60. The largest absolute Gasteiger partial charge is 0.493 e. The average Bonchev–Trinajstić information content (AvgIpc) is 3.40. The predicted molar refractivity (Wildman–Crippen MR) is 110 cm³/mol. The molecule has 1 aliphatic carbocycles. The van der Waals surface area contributed by atoms with E-state index in [0.29, 0.717) is 35.5 Å². The number of carbonyl (C=O) groups excluding carboxylic acids is 2. The molecule has 5 rings (SSSR count). The second-order valence-corrected chi connectivity index (χ2v) is 8.34. The van der Waals surface area contributed by atoms with Crippen LogP contribution in [0, 0.1) is 5.92 Å². The van der Waals surface area contributed by atoms with Gasteiger partial charge in [-0.2, -0.15) is 13.2 Å². The van der Waals surface area contributed by atoms with E-state index >= 15 is 0 Å². The Morgan fingerprint density at radius 2 is 2.03 bits per heavy atom. The standard InChI is InChI=1S/C22H15F3N2O3S/c23-22(24,25)21(29)30-26-16-8-9-27-17-7-6-12(20(28)18-5-2-10-31-18)11-15(17)13-3-1-4-14(16)19(13)27/h1-7,10,12H,8-9,11H2/b26-16+. The minimum absolute atomic E-state index is 0.0742. The molecule has 0 N–H and O–H groups in total. The number of hydrogen-bond donors (Lipinski definition) is 0. The van der Waals surface area contributed by atoms with Crippen LogP contribution in [-0.4, -0.2) is 28.2 Å². The van der Waals surface area contributed by atoms with Crippen LogP contribution in [0.5, 0.6) is 0 Å². The number of hydrogen-bond acceptors (Lipinski definition) is 5. The van der Waals surface area contributed by atoms with Crippen LogP contribution in [0.1, 0.15) is 32.9 Å². The van der Waals surface area contributed by atoms with E-state index in [2.05, 4.69) is 14.6 Å². The van der Waals surface area contributed by atoms with Crippen LogP contribution in [0.3, 0.4) is 0 Å². The lowest BCUT2D eigenvalue weighted by atomic mass is 9.88. The fourth-order valence-electron chi connectivity index (χ4n) is 4.24. The molecule has 0 radical (unpaired) electrons. The number of allylic oxidation sites excluding steroid dienone is 1. The van der Waals surface area contributed by atoms with Crippen molar-refractivity contribution in [3.63, 3.8) is 0 Å². The second-order valence-electron chi connectivity index (χ2n) is 7.39. The van der Waals surface area contributed by atoms with E-state index in [1.54, 1.807) is 12.1 Å². The molecular formula is C22H15F3N2O3S. The van der Waals surface area contributed by atoms with Gasteiger partial charge >= 0.3 is 12.1 Å². The van der Waals surface area contributed by atoms with Crippen molar-refractivity contribution in [2.45, 2.75) is 25.6 Å². The lowest BCUT2D eigenvalue weighted by Crippen LogP contribution is -2.25. The molecule has 3 aromatic rings. The molecular weight excluding hydrogens is 429 g/mol. The number of Topliss-reactive ketones (excluding diaryl/α,β-unsaturated/α-hetero) is 1. The molecule has 3 heterocycles. The van der Waals surface area contributed by atoms with Gasteiger partial charge < -0.3 is 9.40 Å². The summed E-state index contributed by atoms with van der Waals surface area (Å²) in [4.78, 5) is 28.7. The zero-order chi connectivity index (χ0) is 21.8. The van der Waals surface area contributed by atoms with Gasteiger partial charge in [0.2, 0.25) is 0 Å². The molecule has 0 spiro atoms. The van der Waals surface area contributed by atoms with Crippen LogP contribution in [-0.2, 0) is 22.6 Å². The number of carbonyl (C=O) groups is 2. The summed E-state index contributed by atoms with van der Waals surface area (Å²) in [6, 6.07) is 9.15. The van der Waals surface area contributed by atoms with Gasteiger partial charge in [0.1, 0.15) is 0 Å². The maximum absolute atomic E-state index is 12.8. The second kappa shape index (κ2) is 7.19. The van der Waals surface area contributed by atoms with Crippen molar-refractivity contribution < 1.29 is 27.6 Å². The van der Waals surface area contributed by atoms with Gasteiger partial charge in [0.05, 0.1) is 16.1 Å². The maximum Gasteiger partial charge on any atom is 0.493 e. The Labute approximate surface area is 178 Å². The summed E-state index contributed by atoms with van der Waals surface area (Å²) in [6.07, 6.45) is -0.362. The maximum atomic E-state index is 12.8. The monoisotopic (exact) mass is 444 g/mol. The summed E-state index contributed by atoms with van der Waals surface area (Å²) >= 11 is 1.42. The highest BCUT2D eigenvalue weighted by molar-refractivity contribution is 7.12. The van der Waals surface area contributed by atoms with Gasteiger partial charge in [0, 0.05) is 35.5 Å². The Balaban J connectivity index is 1.53. The molecule has 158 valence electrons. The summed E-state index contributed by atoms with van der Waals surface area (Å²) in [7, 11) is 0. The minimum Gasteiger partial charge on any atom is -0.340 e. The SMILES string of the molecule is O=C(c1cccs1)C1C=Cc2c(c3cccc4c3n2CC/C4=N\OC(=O)C(F)(F)F)C1. The number of ketones is 1. The molecule has 1 aromatic carbocycles. The van der Waals surface area contributed by atoms with Crippen molar-refractivity contribution >= 4 is 45.8 Å². The van der Waals surface area contributed by atoms with Gasteiger partial charge in [-0.05, 0) is 29.5 Å². The number of alkyl halides is 3. The first-order valence-corrected chi connectivity index (χ1v) is 10.5. The highest BCUT2D eigenvalue weighted by Gasteiger charge is 2.42. The summed E-state index contributed by atoms with van der Waals surface area (Å²) in [5.41, 5.74) is 3.77. The molecule has 0 fully saturated rings. The number of thiophene rings is 1. The number of fused-ring (bicyclic) bond motifs is 3. The third-order valence-electron chi connectivity index (χ3n) is 5.60. The Bertz CT molecular complexity index is 1270. The minimum atomic E-state index is -5.10. The van der Waals surface area contributed by atoms with Gasteiger partial charge in [-0.1, -0.05) is 35.5 Å². The topological polar surface area (TPSA) is 60.7 Å². The molecule has 1 unspecified atom stereocenters. The molecule has 5 nitrogen and oxygen atoms in total. The zero-order valence-electron chi connectivity index (χ0n) is 16.0. The average molecular weight is 444 g/mol. The number of aromatic nitrogens is 1. The number of aryl methyl sites for hydroxylation is 1. The Morgan fingerprint density at radius 1 is 1.19 bits per heavy atom. The smallest absolute Gasteiger partial charge is 0.340 e. The van der Waals surface area contributed by atoms with E-state index in [9.17, 15) is 22.8 Å². The van der Waals surface area contributed by atoms with Crippen LogP contribution < -0.4 is 0 Å². The number of para-hydroxylation sites is 1. The van der Waals surface area contributed by atoms with E-state index < -0.39 is 12.1 Å². The molecule has 0 saturated carbocycles. The Kier molecular flexibility index (Phi) is 4.58. The first kappa shape index (κ1) is 19.7. The van der Waals surface area contributed by atoms with Gasteiger partial charge in [-0.15, -0.1) is 11.3 Å². The van der Waals surface area contributed by atoms with Crippen molar-refractivity contribution in [2.24, 2.45) is 11.1 Å². The summed E-state index contributed by atoms with van der Waals surface area (Å²) in [5, 5.41) is 6.32. The van der Waals surface area contributed by atoms with E-state index in [0.717, 1.165) is 22.2 Å². The lowest BCUT2D eigenvalue weighted by molar-refractivity contribution is -0.199. The van der Waals surface area contributed by atoms with Crippen LogP contribution in [0.15, 0.2) is 46.9 Å². The van der Waals surface area contributed by atoms with E-state index in [-0.39, 0.29) is 11.7 Å². The predicted octanol–water partition coefficient (Wildman–Crippen LogP) is 4.98. The molecule has 1 atom stereocenters. The van der Waals surface area contributed by atoms with Crippen LogP contribution in [0.4, 0.5) is 13.2 Å². The van der Waals surface area contributed by atoms with Gasteiger partial charge in [0.15, 0.2) is 5.78 Å². The molecule has 0 saturated heterocycles. The Hall–Kier alpha value is -3.20. The molecule has 0 bridgehead atoms. The van der Waals surface area contributed by atoms with Gasteiger partial charge in [0.25, 0.3) is 0 Å². The number of oxime groups is 1. The number of rotatable bonds is 3. The normalized spacial score (nSPS) is 18.9. The molecule has 2 aliphatic rings. The number of nitrogens with zero attached hydrogens (tertiary/aromatic N) is 2. The van der Waals surface area contributed by atoms with Gasteiger partial charge in [-0.25, -0.2) is 4.79 Å². The summed E-state index contributed by atoms with van der Waals surface area (Å²) < 4.78 is 39.4. The third kappa shape index (κ3) is 3.29. The van der Waals surface area contributed by atoms with Crippen LogP contribution in [0.25, 0.3) is 17.0 Å². The molecule has 0 amide bonds. The summed E-state index contributed by atoms with van der Waals surface area (Å²) in [6.45, 7) is 0.485. The quantitative estimate of drug-likeness (QED) is 0.325. The highest BCUT2D eigenvalue weighted by Crippen LogP contribution is 2.38. The van der Waals surface area contributed by atoms with Crippen LogP contribution in [0.2, 0.25) is 0 Å². The molecule has 31 heavy (non-hydrogen) atoms. The van der Waals surface area contributed by atoms with Crippen molar-refractivity contribution in [2.75, 3.05) is 0 Å². The van der Waals surface area contributed by atoms with E-state index in [1.165, 1.54) is 11.3 Å². The number of benzene rings is 1. The zero-order valence-corrected chi connectivity index (χ0v) is 16.8. The lowest BCUT2D eigenvalue weighted by Gasteiger charge is -2.20. The molecule has 9 heteroatoms. The first-order chi connectivity index (χ1) is 14.8. The fraction of sp³-hybridized carbons (Fsp3) is 0.227. The molecule has 2 aromatic heterocycles. The fourth-order valence-corrected chi connectivity index (χ4v) is 4.97. The van der Waals surface area contributed by atoms with E-state index in [1.807, 2.05) is 35.7 Å². The Morgan fingerprint density at radius 3 is 2.77 bits per heavy atom. The van der Waals surface area contributed by atoms with Crippen LogP contribution >= 0.6 is 11.3 Å². The van der Waals surface area contributed by atoms with Gasteiger partial charge in [-0.3, -0.25) is 4.79 Å². The van der Waals surface area contributed by atoms with Crippen molar-refractivity contribution in [1.29, 1.82) is 0 Å². The van der Waals surface area contributed by atoms with Crippen molar-refractivity contribution in [1.82, 2.24) is 4.57 Å². The summed E-state index contributed by atoms with van der Waals surface area (Å²) in [5.74, 6) is -2.54. The number of halogens is 3. The third-order valence-corrected chi connectivity index (χ3v) is 6.48. The molecule has 1 aliphatic heterocycles. The van der Waals surface area contributed by atoms with Crippen molar-refractivity contribution in [3.05, 3.63) is 63.5 Å². The van der Waals surface area contributed by atoms with E-state index in [4.69, 9.17) is 0 Å². The van der Waals surface area contributed by atoms with Crippen molar-refractivity contribution in [3.8, 4) is 0 Å².